The molecule has 15 heavy (non-hydrogen) atoms. The van der Waals surface area contributed by atoms with E-state index in [9.17, 15) is 0 Å². The number of hydrogen-bond donors (Lipinski definition) is 1. The molecule has 0 aliphatic heterocycles. The molecule has 0 heterocycles. The summed E-state index contributed by atoms with van der Waals surface area (Å²) in [4.78, 5) is 0. The minimum absolute atomic E-state index is 0.269. The molecule has 0 bridgehead atoms. The van der Waals surface area contributed by atoms with E-state index in [0.717, 1.165) is 13.0 Å². The van der Waals surface area contributed by atoms with E-state index in [1.165, 1.54) is 25.7 Å². The Bertz CT molecular complexity index is 192. The van der Waals surface area contributed by atoms with Gasteiger partial charge in [0.2, 0.25) is 0 Å². The second-order valence-electron chi connectivity index (χ2n) is 4.68. The lowest BCUT2D eigenvalue weighted by molar-refractivity contribution is -0.155. The van der Waals surface area contributed by atoms with Crippen molar-refractivity contribution in [1.29, 1.82) is 0 Å². The lowest BCUT2D eigenvalue weighted by Gasteiger charge is -2.44. The van der Waals surface area contributed by atoms with Crippen molar-refractivity contribution >= 4 is 0 Å². The van der Waals surface area contributed by atoms with Crippen LogP contribution in [0.15, 0.2) is 0 Å². The molecule has 2 saturated carbocycles. The van der Waals surface area contributed by atoms with Gasteiger partial charge in [0.05, 0.1) is 18.3 Å². The highest BCUT2D eigenvalue weighted by molar-refractivity contribution is 4.97. The number of rotatable bonds is 5. The number of methoxy groups -OCH3 is 1. The molecule has 0 aromatic rings. The molecule has 3 heteroatoms. The fourth-order valence-electron chi connectivity index (χ4n) is 2.76. The van der Waals surface area contributed by atoms with Crippen molar-refractivity contribution in [2.45, 2.75) is 63.4 Å². The second-order valence-corrected chi connectivity index (χ2v) is 4.68. The maximum Gasteiger partial charge on any atom is 0.0987 e. The average molecular weight is 213 g/mol. The van der Waals surface area contributed by atoms with Gasteiger partial charge in [0, 0.05) is 13.2 Å². The first-order valence-electron chi connectivity index (χ1n) is 6.26. The Morgan fingerprint density at radius 1 is 1.27 bits per heavy atom. The van der Waals surface area contributed by atoms with Crippen LogP contribution in [0.5, 0.6) is 0 Å². The minimum Gasteiger partial charge on any atom is -0.377 e. The summed E-state index contributed by atoms with van der Waals surface area (Å²) in [6.45, 7) is 3.15. The number of ether oxygens (including phenoxy) is 2. The lowest BCUT2D eigenvalue weighted by Crippen LogP contribution is -2.60. The van der Waals surface area contributed by atoms with Crippen LogP contribution in [-0.2, 0) is 9.47 Å². The van der Waals surface area contributed by atoms with E-state index >= 15 is 0 Å². The van der Waals surface area contributed by atoms with Gasteiger partial charge >= 0.3 is 0 Å². The molecular formula is C12H23NO2. The molecule has 2 fully saturated rings. The van der Waals surface area contributed by atoms with Crippen LogP contribution in [0.2, 0.25) is 0 Å². The van der Waals surface area contributed by atoms with Gasteiger partial charge in [-0.15, -0.1) is 0 Å². The molecule has 3 nitrogen and oxygen atoms in total. The highest BCUT2D eigenvalue weighted by atomic mass is 16.5. The van der Waals surface area contributed by atoms with Gasteiger partial charge in [0.1, 0.15) is 0 Å². The Morgan fingerprint density at radius 3 is 2.60 bits per heavy atom. The van der Waals surface area contributed by atoms with E-state index in [0.29, 0.717) is 18.2 Å². The van der Waals surface area contributed by atoms with Gasteiger partial charge < -0.3 is 14.8 Å². The molecule has 88 valence electrons. The van der Waals surface area contributed by atoms with E-state index in [4.69, 9.17) is 9.47 Å². The van der Waals surface area contributed by atoms with E-state index in [1.807, 2.05) is 0 Å². The van der Waals surface area contributed by atoms with Crippen LogP contribution in [0.1, 0.15) is 39.0 Å². The predicted octanol–water partition coefficient (Wildman–Crippen LogP) is 1.71. The molecule has 0 aromatic carbocycles. The standard InChI is InChI=1S/C12H23NO2/c1-3-13-10-8-11(12(10)14-2)15-9-6-4-5-7-9/h9-13H,3-8H2,1-2H3. The largest absolute Gasteiger partial charge is 0.377 e. The summed E-state index contributed by atoms with van der Waals surface area (Å²) in [5.74, 6) is 0. The highest BCUT2D eigenvalue weighted by Crippen LogP contribution is 2.31. The number of nitrogens with one attached hydrogen (secondary N) is 1. The number of likely N-dealkylation sites (N-methyl/N-ethyl adjacent to an activating group) is 1. The molecule has 0 radical (unpaired) electrons. The molecule has 2 aliphatic rings. The third-order valence-electron chi connectivity index (χ3n) is 3.66. The zero-order valence-corrected chi connectivity index (χ0v) is 9.87. The summed E-state index contributed by atoms with van der Waals surface area (Å²) in [5, 5.41) is 3.43. The minimum atomic E-state index is 0.269. The van der Waals surface area contributed by atoms with Gasteiger partial charge in [0.15, 0.2) is 0 Å². The van der Waals surface area contributed by atoms with Crippen molar-refractivity contribution in [2.75, 3.05) is 13.7 Å². The van der Waals surface area contributed by atoms with Crippen molar-refractivity contribution in [2.24, 2.45) is 0 Å². The van der Waals surface area contributed by atoms with E-state index in [1.54, 1.807) is 7.11 Å². The molecule has 1 N–H and O–H groups in total. The van der Waals surface area contributed by atoms with Gasteiger partial charge in [-0.3, -0.25) is 0 Å². The van der Waals surface area contributed by atoms with Gasteiger partial charge in [-0.1, -0.05) is 19.8 Å². The van der Waals surface area contributed by atoms with Crippen molar-refractivity contribution < 1.29 is 9.47 Å². The third kappa shape index (κ3) is 2.52. The van der Waals surface area contributed by atoms with Crippen LogP contribution in [0.25, 0.3) is 0 Å². The molecular weight excluding hydrogens is 190 g/mol. The van der Waals surface area contributed by atoms with Crippen LogP contribution in [0.3, 0.4) is 0 Å². The number of hydrogen-bond acceptors (Lipinski definition) is 3. The van der Waals surface area contributed by atoms with Crippen molar-refractivity contribution in [3.8, 4) is 0 Å². The maximum absolute atomic E-state index is 6.06. The Balaban J connectivity index is 1.74. The molecule has 2 aliphatic carbocycles. The third-order valence-corrected chi connectivity index (χ3v) is 3.66. The first kappa shape index (κ1) is 11.4. The normalized spacial score (nSPS) is 36.8. The monoisotopic (exact) mass is 213 g/mol. The molecule has 2 rings (SSSR count). The summed E-state index contributed by atoms with van der Waals surface area (Å²) in [7, 11) is 1.79. The second kappa shape index (κ2) is 5.28. The molecule has 0 spiro atoms. The Kier molecular flexibility index (Phi) is 4.00. The van der Waals surface area contributed by atoms with Gasteiger partial charge in [-0.25, -0.2) is 0 Å². The van der Waals surface area contributed by atoms with Gasteiger partial charge in [-0.05, 0) is 25.8 Å². The summed E-state index contributed by atoms with van der Waals surface area (Å²) < 4.78 is 11.5. The summed E-state index contributed by atoms with van der Waals surface area (Å²) in [5.41, 5.74) is 0. The first-order chi connectivity index (χ1) is 7.35. The lowest BCUT2D eigenvalue weighted by atomic mass is 9.85. The first-order valence-corrected chi connectivity index (χ1v) is 6.26. The van der Waals surface area contributed by atoms with E-state index in [-0.39, 0.29) is 6.10 Å². The van der Waals surface area contributed by atoms with Crippen LogP contribution >= 0.6 is 0 Å². The summed E-state index contributed by atoms with van der Waals surface area (Å²) in [6, 6.07) is 0.506. The molecule has 3 atom stereocenters. The topological polar surface area (TPSA) is 30.5 Å². The average Bonchev–Trinajstić information content (AvgIpc) is 2.69. The Morgan fingerprint density at radius 2 is 2.00 bits per heavy atom. The van der Waals surface area contributed by atoms with Crippen LogP contribution in [0, 0.1) is 0 Å². The Hall–Kier alpha value is -0.120. The zero-order valence-electron chi connectivity index (χ0n) is 9.87. The highest BCUT2D eigenvalue weighted by Gasteiger charge is 2.43. The molecule has 0 amide bonds. The van der Waals surface area contributed by atoms with Gasteiger partial charge in [0.25, 0.3) is 0 Å². The van der Waals surface area contributed by atoms with Crippen LogP contribution in [-0.4, -0.2) is 38.0 Å². The van der Waals surface area contributed by atoms with Crippen molar-refractivity contribution in [3.05, 3.63) is 0 Å². The van der Waals surface area contributed by atoms with E-state index < -0.39 is 0 Å². The smallest absolute Gasteiger partial charge is 0.0987 e. The zero-order chi connectivity index (χ0) is 10.7. The Labute approximate surface area is 92.5 Å². The van der Waals surface area contributed by atoms with Crippen LogP contribution in [0.4, 0.5) is 0 Å². The summed E-state index contributed by atoms with van der Waals surface area (Å²) in [6.07, 6.45) is 7.40. The molecule has 0 aromatic heterocycles. The maximum atomic E-state index is 6.06. The SMILES string of the molecule is CCNC1CC(OC2CCCC2)C1OC. The fourth-order valence-corrected chi connectivity index (χ4v) is 2.76. The summed E-state index contributed by atoms with van der Waals surface area (Å²) >= 11 is 0. The quantitative estimate of drug-likeness (QED) is 0.754. The molecule has 3 unspecified atom stereocenters. The fraction of sp³-hybridized carbons (Fsp3) is 1.00. The van der Waals surface area contributed by atoms with Crippen molar-refractivity contribution in [3.63, 3.8) is 0 Å². The predicted molar refractivity (Wildman–Crippen MR) is 60.0 cm³/mol. The van der Waals surface area contributed by atoms with Crippen LogP contribution < -0.4 is 5.32 Å². The van der Waals surface area contributed by atoms with Crippen molar-refractivity contribution in [1.82, 2.24) is 5.32 Å². The van der Waals surface area contributed by atoms with E-state index in [2.05, 4.69) is 12.2 Å². The molecule has 0 saturated heterocycles. The van der Waals surface area contributed by atoms with Gasteiger partial charge in [-0.2, -0.15) is 0 Å².